The average molecular weight is 368 g/mol. The second kappa shape index (κ2) is 7.49. The van der Waals surface area contributed by atoms with E-state index in [0.717, 1.165) is 12.8 Å². The van der Waals surface area contributed by atoms with Gasteiger partial charge < -0.3 is 5.11 Å². The molecule has 0 atom stereocenters. The molecule has 4 nitrogen and oxygen atoms in total. The highest BCUT2D eigenvalue weighted by molar-refractivity contribution is 9.10. The lowest BCUT2D eigenvalue weighted by Crippen LogP contribution is -2.30. The molecule has 1 rings (SSSR count). The number of sulfonamides is 1. The first-order valence-corrected chi connectivity index (χ1v) is 8.71. The predicted molar refractivity (Wildman–Crippen MR) is 79.3 cm³/mol. The van der Waals surface area contributed by atoms with Gasteiger partial charge >= 0.3 is 0 Å². The molecule has 0 aliphatic rings. The normalized spacial score (nSPS) is 12.1. The first-order chi connectivity index (χ1) is 9.35. The van der Waals surface area contributed by atoms with Crippen molar-refractivity contribution in [3.63, 3.8) is 0 Å². The SMILES string of the molecule is CCC(CC)CNS(=O)(=O)c1cc(Br)cc(CO)c1F. The highest BCUT2D eigenvalue weighted by Gasteiger charge is 2.22. The van der Waals surface area contributed by atoms with Crippen molar-refractivity contribution in [1.29, 1.82) is 0 Å². The number of hydrogen-bond donors (Lipinski definition) is 2. The zero-order chi connectivity index (χ0) is 15.3. The third kappa shape index (κ3) is 4.25. The van der Waals surface area contributed by atoms with E-state index in [1.165, 1.54) is 12.1 Å². The van der Waals surface area contributed by atoms with Crippen LogP contribution in [0.2, 0.25) is 0 Å². The summed E-state index contributed by atoms with van der Waals surface area (Å²) >= 11 is 3.12. The third-order valence-corrected chi connectivity index (χ3v) is 5.14. The molecule has 20 heavy (non-hydrogen) atoms. The fourth-order valence-electron chi connectivity index (χ4n) is 1.81. The summed E-state index contributed by atoms with van der Waals surface area (Å²) in [5.74, 6) is -0.690. The van der Waals surface area contributed by atoms with Gasteiger partial charge in [0.1, 0.15) is 10.7 Å². The van der Waals surface area contributed by atoms with E-state index in [2.05, 4.69) is 20.7 Å². The minimum atomic E-state index is -3.93. The van der Waals surface area contributed by atoms with Crippen molar-refractivity contribution in [3.05, 3.63) is 28.0 Å². The molecule has 0 saturated carbocycles. The Bertz CT molecular complexity index is 559. The molecule has 1 aromatic carbocycles. The maximum atomic E-state index is 14.0. The standard InChI is InChI=1S/C13H19BrFNO3S/c1-3-9(4-2)7-16-20(18,19)12-6-11(14)5-10(8-17)13(12)15/h5-6,9,16-17H,3-4,7-8H2,1-2H3. The van der Waals surface area contributed by atoms with Crippen LogP contribution in [0.3, 0.4) is 0 Å². The Kier molecular flexibility index (Phi) is 6.57. The quantitative estimate of drug-likeness (QED) is 0.778. The molecule has 0 saturated heterocycles. The van der Waals surface area contributed by atoms with Gasteiger partial charge in [0.15, 0.2) is 0 Å². The molecule has 0 spiro atoms. The van der Waals surface area contributed by atoms with Crippen LogP contribution >= 0.6 is 15.9 Å². The molecule has 0 aliphatic heterocycles. The van der Waals surface area contributed by atoms with E-state index in [9.17, 15) is 12.8 Å². The second-order valence-corrected chi connectivity index (χ2v) is 7.22. The Balaban J connectivity index is 3.06. The van der Waals surface area contributed by atoms with E-state index in [1.54, 1.807) is 0 Å². The lowest BCUT2D eigenvalue weighted by molar-refractivity contribution is 0.274. The number of rotatable bonds is 7. The average Bonchev–Trinajstić information content (AvgIpc) is 2.41. The molecule has 0 fully saturated rings. The molecule has 0 amide bonds. The second-order valence-electron chi connectivity index (χ2n) is 4.57. The van der Waals surface area contributed by atoms with Gasteiger partial charge in [0.05, 0.1) is 6.61 Å². The van der Waals surface area contributed by atoms with Crippen molar-refractivity contribution in [2.75, 3.05) is 6.54 Å². The topological polar surface area (TPSA) is 66.4 Å². The number of hydrogen-bond acceptors (Lipinski definition) is 3. The molecule has 0 aliphatic carbocycles. The van der Waals surface area contributed by atoms with Gasteiger partial charge in [0.2, 0.25) is 10.0 Å². The maximum absolute atomic E-state index is 14.0. The van der Waals surface area contributed by atoms with E-state index in [4.69, 9.17) is 5.11 Å². The Morgan fingerprint density at radius 2 is 1.95 bits per heavy atom. The highest BCUT2D eigenvalue weighted by Crippen LogP contribution is 2.24. The number of nitrogens with one attached hydrogen (secondary N) is 1. The molecule has 0 bridgehead atoms. The lowest BCUT2D eigenvalue weighted by Gasteiger charge is -2.15. The van der Waals surface area contributed by atoms with Crippen LogP contribution in [0, 0.1) is 11.7 Å². The molecule has 0 heterocycles. The Morgan fingerprint density at radius 3 is 2.45 bits per heavy atom. The summed E-state index contributed by atoms with van der Waals surface area (Å²) < 4.78 is 41.2. The van der Waals surface area contributed by atoms with Crippen molar-refractivity contribution < 1.29 is 17.9 Å². The van der Waals surface area contributed by atoms with Crippen molar-refractivity contribution in [2.24, 2.45) is 5.92 Å². The number of aliphatic hydroxyl groups is 1. The molecule has 7 heteroatoms. The van der Waals surface area contributed by atoms with Gasteiger partial charge in [-0.15, -0.1) is 0 Å². The van der Waals surface area contributed by atoms with Crippen LogP contribution in [-0.2, 0) is 16.6 Å². The van der Waals surface area contributed by atoms with Crippen LogP contribution in [0.4, 0.5) is 4.39 Å². The van der Waals surface area contributed by atoms with E-state index in [1.807, 2.05) is 13.8 Å². The minimum absolute atomic E-state index is 0.0534. The monoisotopic (exact) mass is 367 g/mol. The van der Waals surface area contributed by atoms with Crippen LogP contribution in [0.5, 0.6) is 0 Å². The van der Waals surface area contributed by atoms with Gasteiger partial charge in [-0.2, -0.15) is 0 Å². The van der Waals surface area contributed by atoms with Crippen molar-refractivity contribution in [2.45, 2.75) is 38.2 Å². The van der Waals surface area contributed by atoms with E-state index >= 15 is 0 Å². The van der Waals surface area contributed by atoms with Crippen LogP contribution in [-0.4, -0.2) is 20.1 Å². The summed E-state index contributed by atoms with van der Waals surface area (Å²) in [7, 11) is -3.93. The van der Waals surface area contributed by atoms with E-state index in [0.29, 0.717) is 4.47 Å². The van der Waals surface area contributed by atoms with Crippen LogP contribution in [0.25, 0.3) is 0 Å². The van der Waals surface area contributed by atoms with Crippen LogP contribution in [0.1, 0.15) is 32.3 Å². The van der Waals surface area contributed by atoms with E-state index < -0.39 is 27.3 Å². The van der Waals surface area contributed by atoms with Crippen molar-refractivity contribution in [3.8, 4) is 0 Å². The Hall–Kier alpha value is -0.500. The Morgan fingerprint density at radius 1 is 1.35 bits per heavy atom. The third-order valence-electron chi connectivity index (χ3n) is 3.26. The fraction of sp³-hybridized carbons (Fsp3) is 0.538. The molecular formula is C13H19BrFNO3S. The molecule has 0 radical (unpaired) electrons. The maximum Gasteiger partial charge on any atom is 0.243 e. The van der Waals surface area contributed by atoms with Crippen molar-refractivity contribution >= 4 is 26.0 Å². The van der Waals surface area contributed by atoms with Gasteiger partial charge in [0.25, 0.3) is 0 Å². The number of aliphatic hydroxyl groups excluding tert-OH is 1. The summed E-state index contributed by atoms with van der Waals surface area (Å²) in [5, 5.41) is 9.05. The molecular weight excluding hydrogens is 349 g/mol. The summed E-state index contributed by atoms with van der Waals surface area (Å²) in [6.45, 7) is 3.67. The van der Waals surface area contributed by atoms with Crippen LogP contribution in [0.15, 0.2) is 21.5 Å². The van der Waals surface area contributed by atoms with Gasteiger partial charge in [-0.1, -0.05) is 42.6 Å². The van der Waals surface area contributed by atoms with Crippen molar-refractivity contribution in [1.82, 2.24) is 4.72 Å². The van der Waals surface area contributed by atoms with Gasteiger partial charge in [0, 0.05) is 16.6 Å². The summed E-state index contributed by atoms with van der Waals surface area (Å²) in [6.07, 6.45) is 1.70. The molecule has 2 N–H and O–H groups in total. The van der Waals surface area contributed by atoms with Gasteiger partial charge in [-0.25, -0.2) is 17.5 Å². The zero-order valence-electron chi connectivity index (χ0n) is 11.5. The summed E-state index contributed by atoms with van der Waals surface area (Å²) in [6, 6.07) is 2.55. The van der Waals surface area contributed by atoms with E-state index in [-0.39, 0.29) is 18.0 Å². The first-order valence-electron chi connectivity index (χ1n) is 6.44. The highest BCUT2D eigenvalue weighted by atomic mass is 79.9. The molecule has 114 valence electrons. The summed E-state index contributed by atoms with van der Waals surface area (Å²) in [4.78, 5) is -0.443. The van der Waals surface area contributed by atoms with Crippen LogP contribution < -0.4 is 4.72 Å². The minimum Gasteiger partial charge on any atom is -0.392 e. The largest absolute Gasteiger partial charge is 0.392 e. The predicted octanol–water partition coefficient (Wildman–Crippen LogP) is 2.80. The zero-order valence-corrected chi connectivity index (χ0v) is 13.9. The lowest BCUT2D eigenvalue weighted by atomic mass is 10.0. The molecule has 0 aromatic heterocycles. The number of halogens is 2. The summed E-state index contributed by atoms with van der Waals surface area (Å²) in [5.41, 5.74) is -0.0534. The smallest absolute Gasteiger partial charge is 0.243 e. The Labute approximate surface area is 127 Å². The fourth-order valence-corrected chi connectivity index (χ4v) is 3.73. The number of benzene rings is 1. The van der Waals surface area contributed by atoms with Gasteiger partial charge in [-0.05, 0) is 18.1 Å². The van der Waals surface area contributed by atoms with Gasteiger partial charge in [-0.3, -0.25) is 0 Å². The molecule has 1 aromatic rings. The first kappa shape index (κ1) is 17.6. The molecule has 0 unspecified atom stereocenters.